The van der Waals surface area contributed by atoms with E-state index in [1.54, 1.807) is 4.68 Å². The Morgan fingerprint density at radius 2 is 1.86 bits per heavy atom. The largest absolute Gasteiger partial charge is 0.271 e. The highest BCUT2D eigenvalue weighted by Crippen LogP contribution is 2.52. The van der Waals surface area contributed by atoms with Crippen LogP contribution in [0.5, 0.6) is 0 Å². The van der Waals surface area contributed by atoms with E-state index in [0.717, 1.165) is 23.2 Å². The normalized spacial score (nSPS) is 32.4. The first-order chi connectivity index (χ1) is 10.6. The summed E-state index contributed by atoms with van der Waals surface area (Å²) in [7, 11) is 0. The molecule has 0 radical (unpaired) electrons. The molecule has 1 aromatic heterocycles. The number of hydrogen-bond acceptors (Lipinski definition) is 3. The molecule has 0 spiro atoms. The van der Waals surface area contributed by atoms with Gasteiger partial charge in [0.25, 0.3) is 5.91 Å². The van der Waals surface area contributed by atoms with Crippen molar-refractivity contribution in [2.45, 2.75) is 52.5 Å². The van der Waals surface area contributed by atoms with Crippen LogP contribution in [0, 0.1) is 37.5 Å². The van der Waals surface area contributed by atoms with Crippen molar-refractivity contribution in [3.8, 4) is 0 Å². The van der Waals surface area contributed by atoms with E-state index < -0.39 is 0 Å². The molecule has 4 aliphatic carbocycles. The number of amides is 1. The van der Waals surface area contributed by atoms with Gasteiger partial charge in [-0.2, -0.15) is 10.2 Å². The molecule has 0 aliphatic heterocycles. The summed E-state index contributed by atoms with van der Waals surface area (Å²) in [5, 5.41) is 8.86. The van der Waals surface area contributed by atoms with Crippen molar-refractivity contribution in [2.24, 2.45) is 28.8 Å². The summed E-state index contributed by atoms with van der Waals surface area (Å²) in [6.07, 6.45) is 6.60. The molecular formula is C17H24N4O. The van der Waals surface area contributed by atoms with Gasteiger partial charge in [0.05, 0.1) is 5.69 Å². The number of nitrogens with zero attached hydrogens (tertiary/aromatic N) is 3. The Morgan fingerprint density at radius 3 is 2.41 bits per heavy atom. The van der Waals surface area contributed by atoms with Crippen LogP contribution < -0.4 is 5.43 Å². The number of nitrogens with one attached hydrogen (secondary N) is 1. The fourth-order valence-electron chi connectivity index (χ4n) is 4.98. The van der Waals surface area contributed by atoms with Gasteiger partial charge in [-0.15, -0.1) is 0 Å². The monoisotopic (exact) mass is 300 g/mol. The quantitative estimate of drug-likeness (QED) is 0.872. The molecule has 5 nitrogen and oxygen atoms in total. The third kappa shape index (κ3) is 2.46. The fraction of sp³-hybridized carbons (Fsp3) is 0.706. The number of aryl methyl sites for hydroxylation is 2. The summed E-state index contributed by atoms with van der Waals surface area (Å²) in [6.45, 7) is 4.16. The summed E-state index contributed by atoms with van der Waals surface area (Å²) in [5.41, 5.74) is 6.01. The van der Waals surface area contributed by atoms with Crippen molar-refractivity contribution in [2.75, 3.05) is 0 Å². The van der Waals surface area contributed by atoms with Gasteiger partial charge in [-0.05, 0) is 75.7 Å². The Kier molecular flexibility index (Phi) is 3.31. The van der Waals surface area contributed by atoms with Gasteiger partial charge in [-0.1, -0.05) is 0 Å². The Labute approximate surface area is 131 Å². The lowest BCUT2D eigenvalue weighted by Crippen LogP contribution is -2.46. The van der Waals surface area contributed by atoms with Crippen molar-refractivity contribution in [1.82, 2.24) is 15.2 Å². The zero-order chi connectivity index (χ0) is 15.3. The van der Waals surface area contributed by atoms with Gasteiger partial charge in [0, 0.05) is 11.4 Å². The van der Waals surface area contributed by atoms with Crippen LogP contribution >= 0.6 is 0 Å². The molecule has 22 heavy (non-hydrogen) atoms. The molecule has 1 heterocycles. The van der Waals surface area contributed by atoms with Crippen LogP contribution in [0.1, 0.15) is 43.5 Å². The number of carbonyl (C=O) groups is 1. The molecule has 0 atom stereocenters. The number of rotatable bonds is 3. The first-order valence-corrected chi connectivity index (χ1v) is 8.46. The first kappa shape index (κ1) is 14.0. The summed E-state index contributed by atoms with van der Waals surface area (Å²) < 4.78 is 1.74. The van der Waals surface area contributed by atoms with Gasteiger partial charge >= 0.3 is 0 Å². The lowest BCUT2D eigenvalue weighted by molar-refractivity contribution is -0.121. The second-order valence-corrected chi connectivity index (χ2v) is 7.46. The number of hydrazone groups is 1. The lowest BCUT2D eigenvalue weighted by atomic mass is 9.55. The SMILES string of the molecule is Cc1cc(C)n(CC(=O)NN=C2C3CC4CC(C3)CC2C4)n1. The standard InChI is InChI=1S/C17H24N4O/c1-10-3-11(2)21(20-10)9-16(22)18-19-17-14-5-12-4-13(7-14)8-15(17)6-12/h3,12-15H,4-9H2,1-2H3,(H,18,22). The highest BCUT2D eigenvalue weighted by atomic mass is 16.2. The van der Waals surface area contributed by atoms with Crippen LogP contribution in [0.2, 0.25) is 0 Å². The maximum atomic E-state index is 12.1. The van der Waals surface area contributed by atoms with Gasteiger partial charge in [0.2, 0.25) is 0 Å². The molecule has 5 rings (SSSR count). The average Bonchev–Trinajstić information content (AvgIpc) is 2.75. The van der Waals surface area contributed by atoms with Gasteiger partial charge < -0.3 is 0 Å². The molecule has 1 aromatic rings. The van der Waals surface area contributed by atoms with Gasteiger partial charge in [-0.3, -0.25) is 9.48 Å². The summed E-state index contributed by atoms with van der Waals surface area (Å²) in [6, 6.07) is 1.98. The maximum absolute atomic E-state index is 12.1. The maximum Gasteiger partial charge on any atom is 0.261 e. The zero-order valence-corrected chi connectivity index (χ0v) is 13.4. The van der Waals surface area contributed by atoms with E-state index in [2.05, 4.69) is 15.6 Å². The van der Waals surface area contributed by atoms with Crippen LogP contribution in [0.3, 0.4) is 0 Å². The predicted molar refractivity (Wildman–Crippen MR) is 84.3 cm³/mol. The second-order valence-electron chi connectivity index (χ2n) is 7.46. The van der Waals surface area contributed by atoms with E-state index >= 15 is 0 Å². The van der Waals surface area contributed by atoms with Crippen molar-refractivity contribution in [3.05, 3.63) is 17.5 Å². The molecule has 4 fully saturated rings. The predicted octanol–water partition coefficient (Wildman–Crippen LogP) is 2.43. The fourth-order valence-corrected chi connectivity index (χ4v) is 4.98. The summed E-state index contributed by atoms with van der Waals surface area (Å²) >= 11 is 0. The first-order valence-electron chi connectivity index (χ1n) is 8.46. The Bertz CT molecular complexity index is 601. The van der Waals surface area contributed by atoms with E-state index in [1.807, 2.05) is 19.9 Å². The molecular weight excluding hydrogens is 276 g/mol. The van der Waals surface area contributed by atoms with E-state index in [0.29, 0.717) is 11.8 Å². The molecule has 0 saturated heterocycles. The van der Waals surface area contributed by atoms with Crippen molar-refractivity contribution in [3.63, 3.8) is 0 Å². The molecule has 1 N–H and O–H groups in total. The van der Waals surface area contributed by atoms with Gasteiger partial charge in [-0.25, -0.2) is 5.43 Å². The van der Waals surface area contributed by atoms with Crippen LogP contribution in [0.15, 0.2) is 11.2 Å². The van der Waals surface area contributed by atoms with Crippen LogP contribution in [-0.2, 0) is 11.3 Å². The summed E-state index contributed by atoms with van der Waals surface area (Å²) in [4.78, 5) is 12.1. The van der Waals surface area contributed by atoms with Gasteiger partial charge in [0.15, 0.2) is 0 Å². The average molecular weight is 300 g/mol. The van der Waals surface area contributed by atoms with Crippen molar-refractivity contribution >= 4 is 11.6 Å². The Morgan fingerprint density at radius 1 is 1.23 bits per heavy atom. The van der Waals surface area contributed by atoms with Crippen molar-refractivity contribution in [1.29, 1.82) is 0 Å². The van der Waals surface area contributed by atoms with Crippen molar-refractivity contribution < 1.29 is 4.79 Å². The second kappa shape index (κ2) is 5.21. The number of carbonyl (C=O) groups excluding carboxylic acids is 1. The molecule has 5 heteroatoms. The topological polar surface area (TPSA) is 59.3 Å². The third-order valence-electron chi connectivity index (χ3n) is 5.68. The Hall–Kier alpha value is -1.65. The number of hydrogen-bond donors (Lipinski definition) is 1. The van der Waals surface area contributed by atoms with E-state index in [4.69, 9.17) is 0 Å². The highest BCUT2D eigenvalue weighted by Gasteiger charge is 2.46. The van der Waals surface area contributed by atoms with Crippen LogP contribution in [0.4, 0.5) is 0 Å². The van der Waals surface area contributed by atoms with E-state index in [-0.39, 0.29) is 12.5 Å². The molecule has 4 aliphatic rings. The molecule has 1 amide bonds. The molecule has 118 valence electrons. The molecule has 0 unspecified atom stereocenters. The molecule has 4 saturated carbocycles. The smallest absolute Gasteiger partial charge is 0.261 e. The number of aromatic nitrogens is 2. The summed E-state index contributed by atoms with van der Waals surface area (Å²) in [5.74, 6) is 3.03. The van der Waals surface area contributed by atoms with E-state index in [1.165, 1.54) is 37.8 Å². The van der Waals surface area contributed by atoms with Crippen LogP contribution in [-0.4, -0.2) is 21.4 Å². The lowest BCUT2D eigenvalue weighted by Gasteiger charge is -2.50. The van der Waals surface area contributed by atoms with Gasteiger partial charge in [0.1, 0.15) is 6.54 Å². The van der Waals surface area contributed by atoms with Crippen LogP contribution in [0.25, 0.3) is 0 Å². The molecule has 0 aromatic carbocycles. The molecule has 4 bridgehead atoms. The Balaban J connectivity index is 1.41. The minimum atomic E-state index is -0.0764. The zero-order valence-electron chi connectivity index (χ0n) is 13.4. The minimum Gasteiger partial charge on any atom is -0.271 e. The highest BCUT2D eigenvalue weighted by molar-refractivity contribution is 5.91. The minimum absolute atomic E-state index is 0.0764. The third-order valence-corrected chi connectivity index (χ3v) is 5.68. The van der Waals surface area contributed by atoms with E-state index in [9.17, 15) is 4.79 Å².